The number of carbonyl (C=O) groups excluding carboxylic acids is 2. The lowest BCUT2D eigenvalue weighted by atomic mass is 10.1. The van der Waals surface area contributed by atoms with E-state index in [0.717, 1.165) is 5.69 Å². The van der Waals surface area contributed by atoms with Crippen LogP contribution in [0.1, 0.15) is 28.2 Å². The zero-order valence-electron chi connectivity index (χ0n) is 16.9. The maximum atomic E-state index is 13.0. The number of ether oxygens (including phenoxy) is 1. The second-order valence-electron chi connectivity index (χ2n) is 7.29. The van der Waals surface area contributed by atoms with Gasteiger partial charge in [0.1, 0.15) is 29.7 Å². The number of aryl methyl sites for hydroxylation is 2. The molecule has 4 rings (SSSR count). The topological polar surface area (TPSA) is 110 Å². The molecule has 1 fully saturated rings. The standard InChI is InChI=1S/C21H24N4O5/c1-13-19(20(27)23-17-6-8-25(9-10-26)21(17)28)16-11-15(3-4-18(16)30-13)29-12-14-5-7-22-24(14)2/h3-5,7,11,17,26H,6,8-10,12H2,1-2H3,(H,23,27). The van der Waals surface area contributed by atoms with Crippen LogP contribution >= 0.6 is 0 Å². The van der Waals surface area contributed by atoms with Gasteiger partial charge in [-0.3, -0.25) is 14.3 Å². The van der Waals surface area contributed by atoms with Crippen molar-refractivity contribution in [1.82, 2.24) is 20.0 Å². The number of aliphatic hydroxyl groups excluding tert-OH is 1. The fourth-order valence-electron chi connectivity index (χ4n) is 3.72. The van der Waals surface area contributed by atoms with Gasteiger partial charge in [0, 0.05) is 31.7 Å². The maximum Gasteiger partial charge on any atom is 0.256 e. The molecule has 1 unspecified atom stereocenters. The number of amides is 2. The highest BCUT2D eigenvalue weighted by atomic mass is 16.5. The molecule has 0 aliphatic carbocycles. The number of nitrogens with one attached hydrogen (secondary N) is 1. The van der Waals surface area contributed by atoms with Gasteiger partial charge >= 0.3 is 0 Å². The van der Waals surface area contributed by atoms with E-state index in [-0.39, 0.29) is 25.0 Å². The minimum absolute atomic E-state index is 0.0977. The van der Waals surface area contributed by atoms with E-state index in [1.54, 1.807) is 40.9 Å². The van der Waals surface area contributed by atoms with Crippen molar-refractivity contribution in [3.05, 3.63) is 47.5 Å². The van der Waals surface area contributed by atoms with Crippen LogP contribution in [-0.4, -0.2) is 57.3 Å². The summed E-state index contributed by atoms with van der Waals surface area (Å²) in [5.41, 5.74) is 1.89. The summed E-state index contributed by atoms with van der Waals surface area (Å²) in [6.45, 7) is 2.76. The van der Waals surface area contributed by atoms with Gasteiger partial charge in [0.2, 0.25) is 5.91 Å². The molecule has 9 nitrogen and oxygen atoms in total. The predicted octanol–water partition coefficient (Wildman–Crippen LogP) is 1.38. The quantitative estimate of drug-likeness (QED) is 0.607. The molecule has 158 valence electrons. The average molecular weight is 412 g/mol. The molecule has 3 heterocycles. The van der Waals surface area contributed by atoms with E-state index in [0.29, 0.717) is 47.6 Å². The van der Waals surface area contributed by atoms with Gasteiger partial charge in [-0.05, 0) is 37.6 Å². The molecule has 3 aromatic rings. The van der Waals surface area contributed by atoms with E-state index in [2.05, 4.69) is 10.4 Å². The number of fused-ring (bicyclic) bond motifs is 1. The number of rotatable bonds is 7. The first kappa shape index (κ1) is 20.0. The van der Waals surface area contributed by atoms with E-state index in [4.69, 9.17) is 14.3 Å². The van der Waals surface area contributed by atoms with E-state index < -0.39 is 6.04 Å². The fourth-order valence-corrected chi connectivity index (χ4v) is 3.72. The van der Waals surface area contributed by atoms with Gasteiger partial charge < -0.3 is 24.5 Å². The van der Waals surface area contributed by atoms with Gasteiger partial charge in [-0.2, -0.15) is 5.10 Å². The first-order valence-corrected chi connectivity index (χ1v) is 9.81. The summed E-state index contributed by atoms with van der Waals surface area (Å²) in [5.74, 6) is 0.538. The normalized spacial score (nSPS) is 16.4. The Morgan fingerprint density at radius 2 is 2.23 bits per heavy atom. The third kappa shape index (κ3) is 3.76. The molecule has 1 saturated heterocycles. The van der Waals surface area contributed by atoms with Crippen LogP contribution in [0.15, 0.2) is 34.9 Å². The Hall–Kier alpha value is -3.33. The highest BCUT2D eigenvalue weighted by Crippen LogP contribution is 2.30. The fraction of sp³-hybridized carbons (Fsp3) is 0.381. The Morgan fingerprint density at radius 3 is 2.97 bits per heavy atom. The van der Waals surface area contributed by atoms with Crippen molar-refractivity contribution in [2.45, 2.75) is 26.0 Å². The molecule has 1 atom stereocenters. The number of aromatic nitrogens is 2. The summed E-state index contributed by atoms with van der Waals surface area (Å²) in [4.78, 5) is 26.9. The van der Waals surface area contributed by atoms with Crippen LogP contribution in [-0.2, 0) is 18.4 Å². The van der Waals surface area contributed by atoms with E-state index in [1.807, 2.05) is 13.1 Å². The minimum atomic E-state index is -0.599. The van der Waals surface area contributed by atoms with Gasteiger partial charge in [0.25, 0.3) is 5.91 Å². The Bertz CT molecular complexity index is 1090. The molecule has 1 aromatic carbocycles. The van der Waals surface area contributed by atoms with Crippen molar-refractivity contribution in [1.29, 1.82) is 0 Å². The molecule has 0 radical (unpaired) electrons. The van der Waals surface area contributed by atoms with Crippen LogP contribution in [0.3, 0.4) is 0 Å². The number of β-amino-alcohol motifs (C(OH)–C–C–N with tert-alkyl or cyclic N) is 1. The zero-order chi connectivity index (χ0) is 21.3. The van der Waals surface area contributed by atoms with Crippen LogP contribution in [0.4, 0.5) is 0 Å². The Morgan fingerprint density at radius 1 is 1.40 bits per heavy atom. The molecule has 0 bridgehead atoms. The number of hydrogen-bond donors (Lipinski definition) is 2. The molecule has 2 N–H and O–H groups in total. The van der Waals surface area contributed by atoms with Crippen LogP contribution in [0.25, 0.3) is 11.0 Å². The lowest BCUT2D eigenvalue weighted by molar-refractivity contribution is -0.129. The van der Waals surface area contributed by atoms with E-state index in [9.17, 15) is 9.59 Å². The van der Waals surface area contributed by atoms with Gasteiger partial charge in [0.05, 0.1) is 17.9 Å². The zero-order valence-corrected chi connectivity index (χ0v) is 16.9. The van der Waals surface area contributed by atoms with Crippen molar-refractivity contribution < 1.29 is 23.8 Å². The third-order valence-electron chi connectivity index (χ3n) is 5.34. The molecule has 9 heteroatoms. The molecule has 2 aromatic heterocycles. The second kappa shape index (κ2) is 8.19. The van der Waals surface area contributed by atoms with Crippen molar-refractivity contribution in [3.63, 3.8) is 0 Å². The lowest BCUT2D eigenvalue weighted by Gasteiger charge is -2.15. The van der Waals surface area contributed by atoms with E-state index in [1.165, 1.54) is 0 Å². The lowest BCUT2D eigenvalue weighted by Crippen LogP contribution is -2.42. The van der Waals surface area contributed by atoms with Crippen LogP contribution in [0, 0.1) is 6.92 Å². The Labute approximate surface area is 173 Å². The summed E-state index contributed by atoms with van der Waals surface area (Å²) >= 11 is 0. The van der Waals surface area contributed by atoms with Crippen molar-refractivity contribution >= 4 is 22.8 Å². The molecule has 1 aliphatic heterocycles. The smallest absolute Gasteiger partial charge is 0.256 e. The van der Waals surface area contributed by atoms with Crippen LogP contribution < -0.4 is 10.1 Å². The molecule has 30 heavy (non-hydrogen) atoms. The summed E-state index contributed by atoms with van der Waals surface area (Å²) in [7, 11) is 1.84. The summed E-state index contributed by atoms with van der Waals surface area (Å²) < 4.78 is 13.3. The van der Waals surface area contributed by atoms with Gasteiger partial charge in [0.15, 0.2) is 0 Å². The Kier molecular flexibility index (Phi) is 5.45. The summed E-state index contributed by atoms with van der Waals surface area (Å²) in [6, 6.07) is 6.60. The number of nitrogens with zero attached hydrogens (tertiary/aromatic N) is 3. The molecule has 0 spiro atoms. The maximum absolute atomic E-state index is 13.0. The predicted molar refractivity (Wildman–Crippen MR) is 108 cm³/mol. The largest absolute Gasteiger partial charge is 0.487 e. The summed E-state index contributed by atoms with van der Waals surface area (Å²) in [6.07, 6.45) is 2.22. The number of carbonyl (C=O) groups is 2. The second-order valence-corrected chi connectivity index (χ2v) is 7.29. The van der Waals surface area contributed by atoms with E-state index >= 15 is 0 Å². The summed E-state index contributed by atoms with van der Waals surface area (Å²) in [5, 5.41) is 16.6. The molecular formula is C21H24N4O5. The highest BCUT2D eigenvalue weighted by Gasteiger charge is 2.33. The minimum Gasteiger partial charge on any atom is -0.487 e. The first-order chi connectivity index (χ1) is 14.5. The van der Waals surface area contributed by atoms with Gasteiger partial charge in [-0.1, -0.05) is 0 Å². The van der Waals surface area contributed by atoms with Gasteiger partial charge in [-0.25, -0.2) is 0 Å². The first-order valence-electron chi connectivity index (χ1n) is 9.81. The molecule has 2 amide bonds. The molecule has 1 aliphatic rings. The van der Waals surface area contributed by atoms with Gasteiger partial charge in [-0.15, -0.1) is 0 Å². The number of benzene rings is 1. The average Bonchev–Trinajstić information content (AvgIpc) is 3.38. The number of likely N-dealkylation sites (tertiary alicyclic amines) is 1. The SMILES string of the molecule is Cc1oc2ccc(OCc3ccnn3C)cc2c1C(=O)NC1CCN(CCO)C1=O. The number of furan rings is 1. The Balaban J connectivity index is 1.53. The molecular weight excluding hydrogens is 388 g/mol. The molecule has 0 saturated carbocycles. The van der Waals surface area contributed by atoms with Crippen molar-refractivity contribution in [3.8, 4) is 5.75 Å². The highest BCUT2D eigenvalue weighted by molar-refractivity contribution is 6.08. The monoisotopic (exact) mass is 412 g/mol. The number of aliphatic hydroxyl groups is 1. The third-order valence-corrected chi connectivity index (χ3v) is 5.34. The van der Waals surface area contributed by atoms with Crippen molar-refractivity contribution in [2.24, 2.45) is 7.05 Å². The van der Waals surface area contributed by atoms with Crippen molar-refractivity contribution in [2.75, 3.05) is 19.7 Å². The van der Waals surface area contributed by atoms with Crippen LogP contribution in [0.2, 0.25) is 0 Å². The van der Waals surface area contributed by atoms with Crippen LogP contribution in [0.5, 0.6) is 5.75 Å². The number of hydrogen-bond acceptors (Lipinski definition) is 6.